The highest BCUT2D eigenvalue weighted by Crippen LogP contribution is 2.32. The summed E-state index contributed by atoms with van der Waals surface area (Å²) in [4.78, 5) is 16.9. The Morgan fingerprint density at radius 2 is 1.96 bits per heavy atom. The van der Waals surface area contributed by atoms with E-state index in [0.717, 1.165) is 11.0 Å². The van der Waals surface area contributed by atoms with Gasteiger partial charge < -0.3 is 10.6 Å². The van der Waals surface area contributed by atoms with Gasteiger partial charge in [0.1, 0.15) is 5.82 Å². The quantitative estimate of drug-likeness (QED) is 0.486. The van der Waals surface area contributed by atoms with Crippen molar-refractivity contribution in [2.24, 2.45) is 0 Å². The lowest BCUT2D eigenvalue weighted by Crippen LogP contribution is -2.29. The molecule has 0 spiro atoms. The molecule has 0 aliphatic carbocycles. The molecule has 9 heteroatoms. The average molecular weight is 418 g/mol. The lowest BCUT2D eigenvalue weighted by Gasteiger charge is -2.13. The second-order valence-electron chi connectivity index (χ2n) is 5.90. The normalized spacial score (nSPS) is 11.5. The minimum atomic E-state index is -4.50. The molecule has 0 radical (unpaired) electrons. The first kappa shape index (κ1) is 21.4. The van der Waals surface area contributed by atoms with E-state index in [1.807, 2.05) is 26.0 Å². The van der Waals surface area contributed by atoms with Crippen molar-refractivity contribution in [3.05, 3.63) is 52.7 Å². The number of benzene rings is 1. The highest BCUT2D eigenvalue weighted by atomic mass is 35.5. The number of hydrogen-bond donors (Lipinski definition) is 2. The number of thioether (sulfide) groups is 1. The molecule has 4 nitrogen and oxygen atoms in total. The number of carbonyl (C=O) groups excluding carboxylic acids is 1. The maximum absolute atomic E-state index is 12.6. The van der Waals surface area contributed by atoms with Crippen LogP contribution in [-0.4, -0.2) is 29.2 Å². The number of pyridine rings is 1. The number of nitrogens with one attached hydrogen (secondary N) is 2. The van der Waals surface area contributed by atoms with Gasteiger partial charge in [0.25, 0.3) is 5.91 Å². The van der Waals surface area contributed by atoms with E-state index in [9.17, 15) is 18.0 Å². The first-order chi connectivity index (χ1) is 12.7. The predicted molar refractivity (Wildman–Crippen MR) is 103 cm³/mol. The topological polar surface area (TPSA) is 54.0 Å². The smallest absolute Gasteiger partial charge is 0.367 e. The molecule has 1 aromatic carbocycles. The molecule has 2 aromatic rings. The van der Waals surface area contributed by atoms with E-state index in [1.54, 1.807) is 23.9 Å². The summed E-state index contributed by atoms with van der Waals surface area (Å²) in [6.45, 7) is 4.62. The Labute approximate surface area is 164 Å². The van der Waals surface area contributed by atoms with E-state index >= 15 is 0 Å². The van der Waals surface area contributed by atoms with E-state index in [2.05, 4.69) is 15.6 Å². The largest absolute Gasteiger partial charge is 0.417 e. The molecule has 27 heavy (non-hydrogen) atoms. The van der Waals surface area contributed by atoms with E-state index in [4.69, 9.17) is 11.6 Å². The summed E-state index contributed by atoms with van der Waals surface area (Å²) < 4.78 is 37.8. The van der Waals surface area contributed by atoms with Gasteiger partial charge >= 0.3 is 6.18 Å². The van der Waals surface area contributed by atoms with Crippen LogP contribution in [-0.2, 0) is 6.18 Å². The third-order valence-corrected chi connectivity index (χ3v) is 4.74. The van der Waals surface area contributed by atoms with Crippen molar-refractivity contribution in [1.29, 1.82) is 0 Å². The fraction of sp³-hybridized carbons (Fsp3) is 0.333. The Balaban J connectivity index is 1.90. The molecule has 0 saturated carbocycles. The van der Waals surface area contributed by atoms with Crippen LogP contribution in [0.5, 0.6) is 0 Å². The summed E-state index contributed by atoms with van der Waals surface area (Å²) >= 11 is 7.43. The second-order valence-corrected chi connectivity index (χ2v) is 7.92. The minimum Gasteiger partial charge on any atom is -0.367 e. The number of nitrogens with zero attached hydrogens (tertiary/aromatic N) is 1. The molecule has 0 bridgehead atoms. The van der Waals surface area contributed by atoms with Gasteiger partial charge in [-0.1, -0.05) is 37.6 Å². The molecule has 1 aromatic heterocycles. The number of amides is 1. The van der Waals surface area contributed by atoms with E-state index in [-0.39, 0.29) is 29.8 Å². The zero-order chi connectivity index (χ0) is 20.0. The zero-order valence-corrected chi connectivity index (χ0v) is 16.3. The molecule has 1 heterocycles. The van der Waals surface area contributed by atoms with Crippen molar-refractivity contribution in [1.82, 2.24) is 10.3 Å². The molecule has 0 saturated heterocycles. The van der Waals surface area contributed by atoms with Gasteiger partial charge in [-0.05, 0) is 18.2 Å². The maximum atomic E-state index is 12.6. The zero-order valence-electron chi connectivity index (χ0n) is 14.7. The third kappa shape index (κ3) is 6.32. The molecule has 0 aliphatic heterocycles. The van der Waals surface area contributed by atoms with Crippen LogP contribution in [0.4, 0.5) is 19.0 Å². The van der Waals surface area contributed by atoms with Gasteiger partial charge in [-0.15, -0.1) is 11.8 Å². The van der Waals surface area contributed by atoms with Crippen LogP contribution in [0.2, 0.25) is 5.02 Å². The first-order valence-corrected chi connectivity index (χ1v) is 9.44. The molecule has 0 unspecified atom stereocenters. The van der Waals surface area contributed by atoms with Crippen LogP contribution in [0.1, 0.15) is 29.8 Å². The highest BCUT2D eigenvalue weighted by molar-refractivity contribution is 8.00. The number of alkyl halides is 3. The van der Waals surface area contributed by atoms with Gasteiger partial charge in [0.05, 0.1) is 16.1 Å². The highest BCUT2D eigenvalue weighted by Gasteiger charge is 2.31. The molecule has 146 valence electrons. The van der Waals surface area contributed by atoms with Gasteiger partial charge in [0.15, 0.2) is 0 Å². The van der Waals surface area contributed by atoms with Gasteiger partial charge in [-0.25, -0.2) is 4.98 Å². The van der Waals surface area contributed by atoms with Crippen LogP contribution in [0.15, 0.2) is 41.4 Å². The Morgan fingerprint density at radius 3 is 2.59 bits per heavy atom. The second kappa shape index (κ2) is 9.32. The number of aromatic nitrogens is 1. The summed E-state index contributed by atoms with van der Waals surface area (Å²) in [5.74, 6) is -0.0818. The Hall–Kier alpha value is -1.93. The van der Waals surface area contributed by atoms with Crippen LogP contribution in [0.3, 0.4) is 0 Å². The summed E-state index contributed by atoms with van der Waals surface area (Å²) in [7, 11) is 0. The summed E-state index contributed by atoms with van der Waals surface area (Å²) in [6.07, 6.45) is -3.78. The first-order valence-electron chi connectivity index (χ1n) is 8.19. The fourth-order valence-corrected chi connectivity index (χ4v) is 3.37. The van der Waals surface area contributed by atoms with Crippen molar-refractivity contribution >= 4 is 35.1 Å². The number of hydrogen-bond acceptors (Lipinski definition) is 4. The SMILES string of the molecule is CC(C)Sc1ccccc1C(=O)NCCNc1ncc(C(F)(F)F)cc1Cl. The Bertz CT molecular complexity index is 800. The van der Waals surface area contributed by atoms with Gasteiger partial charge in [-0.2, -0.15) is 13.2 Å². The molecule has 1 amide bonds. The van der Waals surface area contributed by atoms with Crippen LogP contribution < -0.4 is 10.6 Å². The van der Waals surface area contributed by atoms with Crippen LogP contribution in [0.25, 0.3) is 0 Å². The lowest BCUT2D eigenvalue weighted by molar-refractivity contribution is -0.137. The number of rotatable bonds is 7. The van der Waals surface area contributed by atoms with Gasteiger partial charge in [0, 0.05) is 29.4 Å². The third-order valence-electron chi connectivity index (χ3n) is 3.37. The fourth-order valence-electron chi connectivity index (χ4n) is 2.19. The predicted octanol–water partition coefficient (Wildman–Crippen LogP) is 5.10. The van der Waals surface area contributed by atoms with Crippen molar-refractivity contribution in [3.63, 3.8) is 0 Å². The summed E-state index contributed by atoms with van der Waals surface area (Å²) in [6, 6.07) is 8.13. The molecule has 2 N–H and O–H groups in total. The number of halogens is 4. The monoisotopic (exact) mass is 417 g/mol. The molecular formula is C18H19ClF3N3OS. The number of anilines is 1. The lowest BCUT2D eigenvalue weighted by atomic mass is 10.2. The summed E-state index contributed by atoms with van der Waals surface area (Å²) in [5, 5.41) is 5.80. The van der Waals surface area contributed by atoms with Crippen molar-refractivity contribution in [2.45, 2.75) is 30.2 Å². The summed E-state index contributed by atoms with van der Waals surface area (Å²) in [5.41, 5.74) is -0.326. The molecule has 0 atom stereocenters. The van der Waals surface area contributed by atoms with Crippen LogP contribution in [0, 0.1) is 0 Å². The minimum absolute atomic E-state index is 0.130. The molecular weight excluding hydrogens is 399 g/mol. The van der Waals surface area contributed by atoms with E-state index in [1.165, 1.54) is 0 Å². The van der Waals surface area contributed by atoms with Crippen molar-refractivity contribution in [3.8, 4) is 0 Å². The Kier molecular flexibility index (Phi) is 7.38. The maximum Gasteiger partial charge on any atom is 0.417 e. The van der Waals surface area contributed by atoms with Crippen molar-refractivity contribution < 1.29 is 18.0 Å². The van der Waals surface area contributed by atoms with Gasteiger partial charge in [-0.3, -0.25) is 4.79 Å². The standard InChI is InChI=1S/C18H19ClF3N3OS/c1-11(2)27-15-6-4-3-5-13(15)17(26)24-8-7-23-16-14(19)9-12(10-25-16)18(20,21)22/h3-6,9-11H,7-8H2,1-2H3,(H,23,25)(H,24,26). The van der Waals surface area contributed by atoms with Crippen LogP contribution >= 0.6 is 23.4 Å². The average Bonchev–Trinajstić information content (AvgIpc) is 2.58. The van der Waals surface area contributed by atoms with E-state index in [0.29, 0.717) is 17.0 Å². The van der Waals surface area contributed by atoms with Crippen molar-refractivity contribution in [2.75, 3.05) is 18.4 Å². The van der Waals surface area contributed by atoms with E-state index < -0.39 is 11.7 Å². The molecule has 2 rings (SSSR count). The molecule has 0 fully saturated rings. The van der Waals surface area contributed by atoms with Gasteiger partial charge in [0.2, 0.25) is 0 Å². The molecule has 0 aliphatic rings. The Morgan fingerprint density at radius 1 is 1.26 bits per heavy atom. The number of carbonyl (C=O) groups is 1.